The molecule has 5 nitrogen and oxygen atoms in total. The Bertz CT molecular complexity index is 275. The maximum atomic E-state index is 12.1. The minimum atomic E-state index is 0.161. The van der Waals surface area contributed by atoms with Crippen LogP contribution in [-0.4, -0.2) is 61.6 Å². The molecule has 0 aliphatic carbocycles. The minimum absolute atomic E-state index is 0.161. The maximum absolute atomic E-state index is 12.1. The molecule has 0 aromatic heterocycles. The molecular weight excluding hydrogens is 216 g/mol. The smallest absolute Gasteiger partial charge is 0.320 e. The van der Waals surface area contributed by atoms with Gasteiger partial charge in [0, 0.05) is 13.1 Å². The summed E-state index contributed by atoms with van der Waals surface area (Å²) in [7, 11) is 0. The van der Waals surface area contributed by atoms with Gasteiger partial charge in [0.05, 0.1) is 45.2 Å². The molecule has 1 saturated heterocycles. The van der Waals surface area contributed by atoms with Crippen molar-refractivity contribution in [2.45, 2.75) is 20.3 Å². The average Bonchev–Trinajstić information content (AvgIpc) is 2.38. The van der Waals surface area contributed by atoms with Crippen molar-refractivity contribution < 1.29 is 9.69 Å². The van der Waals surface area contributed by atoms with Crippen molar-refractivity contribution in [2.24, 2.45) is 0 Å². The zero-order valence-corrected chi connectivity index (χ0v) is 10.9. The van der Waals surface area contributed by atoms with Crippen LogP contribution in [0.3, 0.4) is 0 Å². The molecule has 1 aliphatic rings. The SMILES string of the molecule is CCN(CC)C(=O)N1CC[NH+](CCC#N)CC1. The van der Waals surface area contributed by atoms with Gasteiger partial charge in [-0.15, -0.1) is 0 Å². The predicted octanol–water partition coefficient (Wildman–Crippen LogP) is -0.438. The highest BCUT2D eigenvalue weighted by Gasteiger charge is 2.25. The summed E-state index contributed by atoms with van der Waals surface area (Å²) in [6.07, 6.45) is 0.610. The third-order valence-electron chi connectivity index (χ3n) is 3.37. The molecular formula is C12H23N4O+. The van der Waals surface area contributed by atoms with Gasteiger partial charge in [-0.3, -0.25) is 0 Å². The maximum Gasteiger partial charge on any atom is 0.320 e. The molecule has 0 radical (unpaired) electrons. The quantitative estimate of drug-likeness (QED) is 0.723. The van der Waals surface area contributed by atoms with Crippen LogP contribution < -0.4 is 4.90 Å². The van der Waals surface area contributed by atoms with Crippen LogP contribution in [0.2, 0.25) is 0 Å². The van der Waals surface area contributed by atoms with Crippen molar-refractivity contribution in [1.82, 2.24) is 9.80 Å². The minimum Gasteiger partial charge on any atom is -0.331 e. The van der Waals surface area contributed by atoms with Crippen molar-refractivity contribution in [3.63, 3.8) is 0 Å². The first kappa shape index (κ1) is 13.8. The Morgan fingerprint density at radius 3 is 2.41 bits per heavy atom. The van der Waals surface area contributed by atoms with E-state index in [2.05, 4.69) is 6.07 Å². The van der Waals surface area contributed by atoms with Crippen molar-refractivity contribution in [3.05, 3.63) is 0 Å². The Morgan fingerprint density at radius 1 is 1.35 bits per heavy atom. The fourth-order valence-electron chi connectivity index (χ4n) is 2.19. The molecule has 17 heavy (non-hydrogen) atoms. The van der Waals surface area contributed by atoms with Gasteiger partial charge in [0.2, 0.25) is 0 Å². The van der Waals surface area contributed by atoms with Gasteiger partial charge in [-0.25, -0.2) is 4.79 Å². The molecule has 0 bridgehead atoms. The number of nitrogens with one attached hydrogen (secondary N) is 1. The number of nitriles is 1. The lowest BCUT2D eigenvalue weighted by atomic mass is 10.3. The number of rotatable bonds is 4. The molecule has 0 aromatic rings. The van der Waals surface area contributed by atoms with Gasteiger partial charge in [0.1, 0.15) is 0 Å². The third kappa shape index (κ3) is 3.90. The Labute approximate surface area is 104 Å². The summed E-state index contributed by atoms with van der Waals surface area (Å²) in [5, 5.41) is 8.54. The molecule has 1 rings (SSSR count). The largest absolute Gasteiger partial charge is 0.331 e. The second-order valence-corrected chi connectivity index (χ2v) is 4.35. The fraction of sp³-hybridized carbons (Fsp3) is 0.833. The summed E-state index contributed by atoms with van der Waals surface area (Å²) in [5.41, 5.74) is 0. The zero-order valence-electron chi connectivity index (χ0n) is 10.9. The van der Waals surface area contributed by atoms with E-state index in [1.165, 1.54) is 4.90 Å². The first-order valence-electron chi connectivity index (χ1n) is 6.47. The van der Waals surface area contributed by atoms with E-state index in [-0.39, 0.29) is 6.03 Å². The lowest BCUT2D eigenvalue weighted by molar-refractivity contribution is -0.903. The van der Waals surface area contributed by atoms with E-state index >= 15 is 0 Å². The van der Waals surface area contributed by atoms with Crippen molar-refractivity contribution in [1.29, 1.82) is 5.26 Å². The Kier molecular flexibility index (Phi) is 5.78. The standard InChI is InChI=1S/C12H22N4O/c1-3-15(4-2)12(17)16-10-8-14(9-11-16)7-5-6-13/h3-5,7-11H2,1-2H3/p+1. The normalized spacial score (nSPS) is 16.6. The summed E-state index contributed by atoms with van der Waals surface area (Å²) in [6, 6.07) is 2.34. The van der Waals surface area contributed by atoms with Crippen molar-refractivity contribution in [3.8, 4) is 6.07 Å². The number of nitrogens with zero attached hydrogens (tertiary/aromatic N) is 3. The summed E-state index contributed by atoms with van der Waals surface area (Å²) in [5.74, 6) is 0. The van der Waals surface area contributed by atoms with Crippen LogP contribution in [0, 0.1) is 11.3 Å². The lowest BCUT2D eigenvalue weighted by Gasteiger charge is -2.34. The number of amides is 2. The van der Waals surface area contributed by atoms with Crippen LogP contribution in [0.5, 0.6) is 0 Å². The topological polar surface area (TPSA) is 51.8 Å². The summed E-state index contributed by atoms with van der Waals surface area (Å²) >= 11 is 0. The highest BCUT2D eigenvalue weighted by atomic mass is 16.2. The molecule has 0 atom stereocenters. The summed E-state index contributed by atoms with van der Waals surface area (Å²) in [4.78, 5) is 17.3. The number of urea groups is 1. The number of hydrogen-bond donors (Lipinski definition) is 1. The third-order valence-corrected chi connectivity index (χ3v) is 3.37. The van der Waals surface area contributed by atoms with Gasteiger partial charge < -0.3 is 14.7 Å². The van der Waals surface area contributed by atoms with E-state index < -0.39 is 0 Å². The Hall–Kier alpha value is -1.28. The first-order valence-corrected chi connectivity index (χ1v) is 6.47. The molecule has 1 fully saturated rings. The van der Waals surface area contributed by atoms with E-state index in [4.69, 9.17) is 5.26 Å². The second kappa shape index (κ2) is 7.13. The first-order chi connectivity index (χ1) is 8.22. The highest BCUT2D eigenvalue weighted by Crippen LogP contribution is 1.99. The number of carbonyl (C=O) groups excluding carboxylic acids is 1. The number of hydrogen-bond acceptors (Lipinski definition) is 2. The van der Waals surface area contributed by atoms with Gasteiger partial charge in [-0.2, -0.15) is 5.26 Å². The highest BCUT2D eigenvalue weighted by molar-refractivity contribution is 5.74. The monoisotopic (exact) mass is 239 g/mol. The molecule has 1 heterocycles. The number of piperazine rings is 1. The van der Waals surface area contributed by atoms with E-state index in [9.17, 15) is 4.79 Å². The van der Waals surface area contributed by atoms with Crippen molar-refractivity contribution in [2.75, 3.05) is 45.8 Å². The van der Waals surface area contributed by atoms with Crippen LogP contribution in [0.25, 0.3) is 0 Å². The molecule has 0 saturated carbocycles. The van der Waals surface area contributed by atoms with Gasteiger partial charge >= 0.3 is 6.03 Å². The Morgan fingerprint density at radius 2 is 1.94 bits per heavy atom. The summed E-state index contributed by atoms with van der Waals surface area (Å²) in [6.45, 7) is 10.0. The van der Waals surface area contributed by atoms with E-state index in [1.807, 2.05) is 23.6 Å². The predicted molar refractivity (Wildman–Crippen MR) is 65.7 cm³/mol. The van der Waals surface area contributed by atoms with Gasteiger partial charge in [0.15, 0.2) is 0 Å². The van der Waals surface area contributed by atoms with Crippen LogP contribution in [0.1, 0.15) is 20.3 Å². The summed E-state index contributed by atoms with van der Waals surface area (Å²) < 4.78 is 0. The van der Waals surface area contributed by atoms with Gasteiger partial charge in [0.25, 0.3) is 0 Å². The molecule has 2 amide bonds. The zero-order chi connectivity index (χ0) is 12.7. The molecule has 1 N–H and O–H groups in total. The Balaban J connectivity index is 2.36. The van der Waals surface area contributed by atoms with Crippen molar-refractivity contribution >= 4 is 6.03 Å². The molecule has 5 heteroatoms. The van der Waals surface area contributed by atoms with Crippen LogP contribution in [0.4, 0.5) is 4.79 Å². The van der Waals surface area contributed by atoms with Gasteiger partial charge in [-0.1, -0.05) is 0 Å². The average molecular weight is 239 g/mol. The molecule has 0 spiro atoms. The number of carbonyl (C=O) groups is 1. The van der Waals surface area contributed by atoms with E-state index in [0.29, 0.717) is 6.42 Å². The molecule has 0 unspecified atom stereocenters. The number of quaternary nitrogens is 1. The van der Waals surface area contributed by atoms with Crippen LogP contribution in [-0.2, 0) is 0 Å². The molecule has 0 aromatic carbocycles. The van der Waals surface area contributed by atoms with Gasteiger partial charge in [-0.05, 0) is 13.8 Å². The second-order valence-electron chi connectivity index (χ2n) is 4.35. The fourth-order valence-corrected chi connectivity index (χ4v) is 2.19. The lowest BCUT2D eigenvalue weighted by Crippen LogP contribution is -3.14. The van der Waals surface area contributed by atoms with Crippen LogP contribution >= 0.6 is 0 Å². The van der Waals surface area contributed by atoms with Crippen LogP contribution in [0.15, 0.2) is 0 Å². The molecule has 1 aliphatic heterocycles. The molecule has 96 valence electrons. The van der Waals surface area contributed by atoms with E-state index in [1.54, 1.807) is 0 Å². The van der Waals surface area contributed by atoms with E-state index in [0.717, 1.165) is 45.8 Å².